The molecule has 0 bridgehead atoms. The molecule has 0 spiro atoms. The number of hydrogen-bond acceptors (Lipinski definition) is 8. The van der Waals surface area contributed by atoms with Gasteiger partial charge < -0.3 is 0 Å². The minimum absolute atomic E-state index is 0. The van der Waals surface area contributed by atoms with Gasteiger partial charge >= 0.3 is 44.8 Å². The van der Waals surface area contributed by atoms with Gasteiger partial charge in [0.25, 0.3) is 0 Å². The molecule has 10 aromatic rings. The molecular weight excluding hydrogens is 1470 g/mol. The van der Waals surface area contributed by atoms with E-state index < -0.39 is 50.1 Å². The van der Waals surface area contributed by atoms with Gasteiger partial charge in [0.2, 0.25) is 0 Å². The van der Waals surface area contributed by atoms with E-state index in [9.17, 15) is 0 Å². The van der Waals surface area contributed by atoms with Gasteiger partial charge in [-0.2, -0.15) is 0 Å². The molecule has 0 aromatic heterocycles. The molecule has 0 amide bonds. The molecule has 0 aliphatic rings. The Labute approximate surface area is 502 Å². The van der Waals surface area contributed by atoms with Crippen molar-refractivity contribution in [3.63, 3.8) is 0 Å². The largest absolute Gasteiger partial charge is 1.00 e. The van der Waals surface area contributed by atoms with E-state index in [1.807, 2.05) is 0 Å². The molecule has 0 saturated carbocycles. The molecule has 0 aliphatic carbocycles. The van der Waals surface area contributed by atoms with Crippen LogP contribution in [-0.4, -0.2) is 18.5 Å². The van der Waals surface area contributed by atoms with Crippen LogP contribution in [0.3, 0.4) is 0 Å². The summed E-state index contributed by atoms with van der Waals surface area (Å²) in [4.78, 5) is 0. The molecule has 0 radical (unpaired) electrons. The van der Waals surface area contributed by atoms with Gasteiger partial charge in [0.1, 0.15) is 0 Å². The van der Waals surface area contributed by atoms with Crippen LogP contribution in [0.1, 0.15) is 0 Å². The minimum atomic E-state index is -4.94. The summed E-state index contributed by atoms with van der Waals surface area (Å²) < 4.78 is 67.9. The normalized spacial score (nSPS) is 11.0. The second kappa shape index (κ2) is 34.0. The van der Waals surface area contributed by atoms with Crippen LogP contribution in [0.25, 0.3) is 0 Å². The number of benzene rings is 10. The molecule has 8 nitrogen and oxygen atoms in total. The molecule has 79 heavy (non-hydrogen) atoms. The van der Waals surface area contributed by atoms with Crippen LogP contribution >= 0.6 is 29.6 Å². The van der Waals surface area contributed by atoms with Gasteiger partial charge in [-0.1, -0.05) is 316 Å². The van der Waals surface area contributed by atoms with Crippen molar-refractivity contribution in [1.29, 1.82) is 0 Å². The molecule has 0 fully saturated rings. The van der Waals surface area contributed by atoms with Gasteiger partial charge in [-0.25, -0.2) is 37.3 Å². The van der Waals surface area contributed by atoms with Crippen molar-refractivity contribution in [2.45, 2.75) is 0 Å². The molecule has 412 valence electrons. The van der Waals surface area contributed by atoms with E-state index >= 15 is 0 Å². The third-order valence-electron chi connectivity index (χ3n) is 11.7. The Balaban J connectivity index is 0.000000235. The number of hydrogen-bond donors (Lipinski definition) is 0. The third kappa shape index (κ3) is 21.7. The molecular formula is C63H56Au2Cl2O8P4. The molecule has 0 unspecified atom stereocenters. The molecule has 16 heteroatoms. The first-order chi connectivity index (χ1) is 37.0. The Bertz CT molecular complexity index is 2790. The second-order valence-electron chi connectivity index (χ2n) is 16.7. The monoisotopic (exact) mass is 1530 g/mol. The summed E-state index contributed by atoms with van der Waals surface area (Å²) in [5.41, 5.74) is 0. The fraction of sp³-hybridized carbons (Fsp3) is 0.0159. The van der Waals surface area contributed by atoms with Crippen LogP contribution in [0, 0.1) is 20.5 Å². The predicted octanol–water partition coefficient (Wildman–Crippen LogP) is 2.52. The van der Waals surface area contributed by atoms with Gasteiger partial charge in [-0.3, -0.25) is 0 Å². The topological polar surface area (TPSA) is 184 Å². The van der Waals surface area contributed by atoms with Crippen LogP contribution in [-0.2, 0) is 44.8 Å². The van der Waals surface area contributed by atoms with Crippen molar-refractivity contribution in [2.24, 2.45) is 0 Å². The van der Waals surface area contributed by atoms with Crippen LogP contribution in [0.4, 0.5) is 0 Å². The summed E-state index contributed by atoms with van der Waals surface area (Å²) in [6.45, 7) is -3.55. The van der Waals surface area contributed by atoms with Gasteiger partial charge in [0.15, 0.2) is 0 Å². The fourth-order valence-corrected chi connectivity index (χ4v) is 20.5. The Kier molecular flexibility index (Phi) is 28.8. The molecule has 10 aromatic carbocycles. The smallest absolute Gasteiger partial charge is 0.222 e. The third-order valence-corrected chi connectivity index (χ3v) is 24.8. The molecule has 0 heterocycles. The van der Waals surface area contributed by atoms with E-state index in [1.54, 1.807) is 0 Å². The first-order valence-corrected chi connectivity index (χ1v) is 33.3. The Morgan fingerprint density at radius 1 is 0.241 bits per heavy atom. The van der Waals surface area contributed by atoms with E-state index in [0.717, 1.165) is 0 Å². The summed E-state index contributed by atoms with van der Waals surface area (Å²) in [5, 5.41) is 13.7. The fourth-order valence-electron chi connectivity index (χ4n) is 8.19. The van der Waals surface area contributed by atoms with Crippen molar-refractivity contribution < 1.29 is 103 Å². The van der Waals surface area contributed by atoms with Crippen molar-refractivity contribution in [3.8, 4) is 0 Å². The van der Waals surface area contributed by atoms with Crippen molar-refractivity contribution >= 4 is 95.3 Å². The average Bonchev–Trinajstić information content (AvgIpc) is 3.57. The van der Waals surface area contributed by atoms with E-state index in [2.05, 4.69) is 303 Å². The summed E-state index contributed by atoms with van der Waals surface area (Å²) in [6.07, 6.45) is 9.38. The Morgan fingerprint density at radius 2 is 0.354 bits per heavy atom. The van der Waals surface area contributed by atoms with Crippen molar-refractivity contribution in [2.75, 3.05) is 5.90 Å². The summed E-state index contributed by atoms with van der Waals surface area (Å²) in [5.74, 6) is 1.17. The molecule has 0 atom stereocenters. The first kappa shape index (κ1) is 66.9. The van der Waals surface area contributed by atoms with Crippen molar-refractivity contribution in [3.05, 3.63) is 303 Å². The Morgan fingerprint density at radius 3 is 0.481 bits per heavy atom. The van der Waals surface area contributed by atoms with Gasteiger partial charge in [0.05, 0.1) is 0 Å². The molecule has 10 rings (SSSR count). The van der Waals surface area contributed by atoms with Crippen LogP contribution in [0.5, 0.6) is 0 Å². The Hall–Kier alpha value is -4.60. The summed E-state index contributed by atoms with van der Waals surface area (Å²) in [6, 6.07) is 108. The molecule has 0 saturated heterocycles. The maximum Gasteiger partial charge on any atom is 1.00 e. The maximum absolute atomic E-state index is 8.49. The van der Waals surface area contributed by atoms with E-state index in [0.29, 0.717) is 0 Å². The SMILES string of the molecule is C=P(c1ccccc1)(c1ccccc1)c1ccccc1.C=P(c1ccccc1)(c1ccccc1)c1ccccc1.[Au+].[Au+].[O-][Cl+3]([O-])([O-])[O-].[O-][Cl+3]([O-])([O-])[O-].c1ccc(P(CP(c2ccccc2)c2ccccc2)c2ccccc2)cc1. The van der Waals surface area contributed by atoms with Gasteiger partial charge in [0, 0.05) is 5.90 Å². The average molecular weight is 1530 g/mol. The zero-order valence-corrected chi connectivity index (χ0v) is 51.8. The standard InChI is InChI=1S/C25H22P2.2C19H17P.2Au.2ClHO4/c1-5-13-22(14-6-1)26(23-15-7-2-8-16-23)21-27(24-17-9-3-10-18-24)25-19-11-4-12-20-25;2*1-20(17-11-5-2-6-12-17,18-13-7-3-8-14-18)19-15-9-4-10-16-19;;;2*2-1(3,4)5/h1-20H,21H2;2*2-16H,1H2;;;2*(H,2,3,4,5)/q;;;2*+1;;/p-2. The zero-order valence-electron chi connectivity index (χ0n) is 42.4. The van der Waals surface area contributed by atoms with Gasteiger partial charge in [-0.15, -0.1) is 20.5 Å². The predicted molar refractivity (Wildman–Crippen MR) is 308 cm³/mol. The zero-order chi connectivity index (χ0) is 55.0. The second-order valence-corrected chi connectivity index (χ2v) is 29.5. The van der Waals surface area contributed by atoms with Crippen LogP contribution in [0.15, 0.2) is 303 Å². The maximum atomic E-state index is 8.49. The summed E-state index contributed by atoms with van der Waals surface area (Å²) >= 11 is 0. The first-order valence-electron chi connectivity index (χ1n) is 23.8. The minimum Gasteiger partial charge on any atom is -0.222 e. The van der Waals surface area contributed by atoms with E-state index in [-0.39, 0.29) is 44.8 Å². The van der Waals surface area contributed by atoms with Crippen molar-refractivity contribution in [1.82, 2.24) is 0 Å². The number of halogens is 2. The quantitative estimate of drug-likeness (QED) is 0.132. The summed E-state index contributed by atoms with van der Waals surface area (Å²) in [7, 11) is -10.7. The van der Waals surface area contributed by atoms with Crippen LogP contribution in [0.2, 0.25) is 0 Å². The van der Waals surface area contributed by atoms with E-state index in [4.69, 9.17) is 49.9 Å². The van der Waals surface area contributed by atoms with Gasteiger partial charge in [-0.05, 0) is 82.7 Å². The molecule has 0 N–H and O–H groups in total. The van der Waals surface area contributed by atoms with E-state index in [1.165, 1.54) is 58.9 Å². The number of rotatable bonds is 12. The molecule has 0 aliphatic heterocycles. The van der Waals surface area contributed by atoms with Crippen LogP contribution < -0.4 is 90.3 Å².